The summed E-state index contributed by atoms with van der Waals surface area (Å²) in [7, 11) is 0. The summed E-state index contributed by atoms with van der Waals surface area (Å²) in [6.45, 7) is 0. The second kappa shape index (κ2) is 4.45. The molecular formula is C12H10BrNO. The third-order valence-corrected chi connectivity index (χ3v) is 2.80. The van der Waals surface area contributed by atoms with Gasteiger partial charge < -0.3 is 4.98 Å². The number of aromatic amines is 1. The molecule has 1 aromatic carbocycles. The summed E-state index contributed by atoms with van der Waals surface area (Å²) in [4.78, 5) is 14.5. The average molecular weight is 264 g/mol. The Morgan fingerprint density at radius 1 is 1.07 bits per heavy atom. The number of alkyl halides is 1. The first kappa shape index (κ1) is 10.2. The van der Waals surface area contributed by atoms with Crippen molar-refractivity contribution >= 4 is 15.9 Å². The first-order valence-electron chi connectivity index (χ1n) is 4.65. The van der Waals surface area contributed by atoms with E-state index < -0.39 is 0 Å². The van der Waals surface area contributed by atoms with E-state index in [1.54, 1.807) is 0 Å². The lowest BCUT2D eigenvalue weighted by Crippen LogP contribution is -2.10. The Labute approximate surface area is 96.1 Å². The number of hydrogen-bond donors (Lipinski definition) is 1. The molecule has 0 fully saturated rings. The standard InChI is InChI=1S/C12H10BrNO/c13-8-10-6-7-11(12(15)14-10)9-4-2-1-3-5-9/h1-7H,8H2,(H,14,15). The van der Waals surface area contributed by atoms with Crippen LogP contribution in [0.1, 0.15) is 5.69 Å². The minimum Gasteiger partial charge on any atom is -0.325 e. The van der Waals surface area contributed by atoms with E-state index in [0.717, 1.165) is 11.3 Å². The third-order valence-electron chi connectivity index (χ3n) is 2.20. The van der Waals surface area contributed by atoms with E-state index in [0.29, 0.717) is 10.9 Å². The van der Waals surface area contributed by atoms with Crippen LogP contribution in [0.3, 0.4) is 0 Å². The lowest BCUT2D eigenvalue weighted by Gasteiger charge is -2.01. The lowest BCUT2D eigenvalue weighted by atomic mass is 10.1. The van der Waals surface area contributed by atoms with Crippen LogP contribution in [0.25, 0.3) is 11.1 Å². The monoisotopic (exact) mass is 263 g/mol. The van der Waals surface area contributed by atoms with Crippen LogP contribution < -0.4 is 5.56 Å². The number of pyridine rings is 1. The quantitative estimate of drug-likeness (QED) is 0.831. The molecule has 1 aromatic heterocycles. The number of rotatable bonds is 2. The van der Waals surface area contributed by atoms with E-state index in [-0.39, 0.29) is 5.56 Å². The molecule has 0 amide bonds. The minimum atomic E-state index is -0.0434. The summed E-state index contributed by atoms with van der Waals surface area (Å²) in [6.07, 6.45) is 0. The number of benzene rings is 1. The van der Waals surface area contributed by atoms with Crippen LogP contribution in [0.2, 0.25) is 0 Å². The molecular weight excluding hydrogens is 254 g/mol. The van der Waals surface area contributed by atoms with E-state index >= 15 is 0 Å². The molecule has 3 heteroatoms. The summed E-state index contributed by atoms with van der Waals surface area (Å²) in [5.74, 6) is 0. The Hall–Kier alpha value is -1.35. The highest BCUT2D eigenvalue weighted by atomic mass is 79.9. The van der Waals surface area contributed by atoms with Gasteiger partial charge in [-0.15, -0.1) is 0 Å². The average Bonchev–Trinajstić information content (AvgIpc) is 2.30. The van der Waals surface area contributed by atoms with Crippen LogP contribution in [0.15, 0.2) is 47.3 Å². The van der Waals surface area contributed by atoms with E-state index in [9.17, 15) is 4.79 Å². The number of H-pyrrole nitrogens is 1. The first-order valence-corrected chi connectivity index (χ1v) is 5.77. The van der Waals surface area contributed by atoms with Crippen LogP contribution in [0, 0.1) is 0 Å². The van der Waals surface area contributed by atoms with Crippen LogP contribution in [0.4, 0.5) is 0 Å². The highest BCUT2D eigenvalue weighted by Gasteiger charge is 2.02. The van der Waals surface area contributed by atoms with Gasteiger partial charge in [-0.3, -0.25) is 4.79 Å². The van der Waals surface area contributed by atoms with Crippen LogP contribution in [-0.2, 0) is 5.33 Å². The van der Waals surface area contributed by atoms with Gasteiger partial charge in [0, 0.05) is 16.6 Å². The van der Waals surface area contributed by atoms with Crippen LogP contribution >= 0.6 is 15.9 Å². The third kappa shape index (κ3) is 2.18. The molecule has 0 spiro atoms. The zero-order chi connectivity index (χ0) is 10.7. The molecule has 0 saturated carbocycles. The fraction of sp³-hybridized carbons (Fsp3) is 0.0833. The number of aromatic nitrogens is 1. The maximum absolute atomic E-state index is 11.7. The molecule has 0 saturated heterocycles. The molecule has 0 bridgehead atoms. The number of halogens is 1. The van der Waals surface area contributed by atoms with Crippen molar-refractivity contribution in [1.29, 1.82) is 0 Å². The molecule has 0 radical (unpaired) electrons. The van der Waals surface area contributed by atoms with Crippen molar-refractivity contribution < 1.29 is 0 Å². The summed E-state index contributed by atoms with van der Waals surface area (Å²) in [5, 5.41) is 0.664. The maximum atomic E-state index is 11.7. The van der Waals surface area contributed by atoms with Crippen molar-refractivity contribution in [2.45, 2.75) is 5.33 Å². The van der Waals surface area contributed by atoms with E-state index in [1.807, 2.05) is 42.5 Å². The van der Waals surface area contributed by atoms with Gasteiger partial charge >= 0.3 is 0 Å². The van der Waals surface area contributed by atoms with Crippen molar-refractivity contribution in [3.8, 4) is 11.1 Å². The predicted octanol–water partition coefficient (Wildman–Crippen LogP) is 2.94. The maximum Gasteiger partial charge on any atom is 0.256 e. The highest BCUT2D eigenvalue weighted by molar-refractivity contribution is 9.08. The van der Waals surface area contributed by atoms with E-state index in [2.05, 4.69) is 20.9 Å². The fourth-order valence-corrected chi connectivity index (χ4v) is 1.76. The second-order valence-electron chi connectivity index (χ2n) is 3.23. The van der Waals surface area contributed by atoms with Gasteiger partial charge in [-0.2, -0.15) is 0 Å². The topological polar surface area (TPSA) is 32.9 Å². The largest absolute Gasteiger partial charge is 0.325 e. The Morgan fingerprint density at radius 2 is 1.80 bits per heavy atom. The van der Waals surface area contributed by atoms with Gasteiger partial charge in [0.15, 0.2) is 0 Å². The predicted molar refractivity (Wildman–Crippen MR) is 65.1 cm³/mol. The molecule has 2 aromatic rings. The number of nitrogens with one attached hydrogen (secondary N) is 1. The normalized spacial score (nSPS) is 10.2. The minimum absolute atomic E-state index is 0.0434. The van der Waals surface area contributed by atoms with Crippen molar-refractivity contribution in [2.75, 3.05) is 0 Å². The van der Waals surface area contributed by atoms with Gasteiger partial charge in [0.2, 0.25) is 0 Å². The van der Waals surface area contributed by atoms with E-state index in [1.165, 1.54) is 0 Å². The SMILES string of the molecule is O=c1[nH]c(CBr)ccc1-c1ccccc1. The smallest absolute Gasteiger partial charge is 0.256 e. The van der Waals surface area contributed by atoms with Gasteiger partial charge in [0.05, 0.1) is 0 Å². The molecule has 15 heavy (non-hydrogen) atoms. The van der Waals surface area contributed by atoms with Crippen molar-refractivity contribution in [2.24, 2.45) is 0 Å². The lowest BCUT2D eigenvalue weighted by molar-refractivity contribution is 1.13. The zero-order valence-electron chi connectivity index (χ0n) is 8.03. The highest BCUT2D eigenvalue weighted by Crippen LogP contribution is 2.14. The zero-order valence-corrected chi connectivity index (χ0v) is 9.62. The van der Waals surface area contributed by atoms with Gasteiger partial charge in [-0.25, -0.2) is 0 Å². The van der Waals surface area contributed by atoms with Crippen LogP contribution in [-0.4, -0.2) is 4.98 Å². The molecule has 0 aliphatic carbocycles. The molecule has 0 atom stereocenters. The summed E-state index contributed by atoms with van der Waals surface area (Å²) < 4.78 is 0. The van der Waals surface area contributed by atoms with Crippen molar-refractivity contribution in [3.63, 3.8) is 0 Å². The van der Waals surface area contributed by atoms with E-state index in [4.69, 9.17) is 0 Å². The Kier molecular flexibility index (Phi) is 3.02. The second-order valence-corrected chi connectivity index (χ2v) is 3.79. The molecule has 76 valence electrons. The Bertz CT molecular complexity index is 505. The molecule has 0 unspecified atom stereocenters. The van der Waals surface area contributed by atoms with Crippen molar-refractivity contribution in [3.05, 3.63) is 58.5 Å². The Balaban J connectivity index is 2.51. The van der Waals surface area contributed by atoms with Gasteiger partial charge in [0.25, 0.3) is 5.56 Å². The molecule has 0 aliphatic rings. The molecule has 1 N–H and O–H groups in total. The molecule has 0 aliphatic heterocycles. The molecule has 1 heterocycles. The summed E-state index contributed by atoms with van der Waals surface area (Å²) in [5.41, 5.74) is 2.50. The van der Waals surface area contributed by atoms with Gasteiger partial charge in [0.1, 0.15) is 0 Å². The molecule has 2 nitrogen and oxygen atoms in total. The van der Waals surface area contributed by atoms with Crippen LogP contribution in [0.5, 0.6) is 0 Å². The van der Waals surface area contributed by atoms with Gasteiger partial charge in [-0.1, -0.05) is 46.3 Å². The summed E-state index contributed by atoms with van der Waals surface area (Å²) in [6, 6.07) is 13.4. The first-order chi connectivity index (χ1) is 7.31. The number of hydrogen-bond acceptors (Lipinski definition) is 1. The van der Waals surface area contributed by atoms with Crippen molar-refractivity contribution in [1.82, 2.24) is 4.98 Å². The summed E-state index contributed by atoms with van der Waals surface area (Å²) >= 11 is 3.30. The molecule has 2 rings (SSSR count). The fourth-order valence-electron chi connectivity index (χ4n) is 1.44. The Morgan fingerprint density at radius 3 is 2.40 bits per heavy atom. The van der Waals surface area contributed by atoms with Gasteiger partial charge in [-0.05, 0) is 17.7 Å².